The molecule has 1 heterocycles. The quantitative estimate of drug-likeness (QED) is 0.633. The average Bonchev–Trinajstić information content (AvgIpc) is 2.74. The number of rotatable bonds is 1. The predicted molar refractivity (Wildman–Crippen MR) is 61.9 cm³/mol. The molecule has 0 aromatic heterocycles. The molecule has 15 heavy (non-hydrogen) atoms. The summed E-state index contributed by atoms with van der Waals surface area (Å²) >= 11 is 6.15. The molecule has 0 bridgehead atoms. The number of amides is 1. The molecule has 2 rings (SSSR count). The first-order valence-electron chi connectivity index (χ1n) is 6.02. The summed E-state index contributed by atoms with van der Waals surface area (Å²) in [7, 11) is 0. The van der Waals surface area contributed by atoms with Gasteiger partial charge in [-0.15, -0.1) is 11.6 Å². The molecule has 0 aromatic rings. The van der Waals surface area contributed by atoms with Crippen LogP contribution >= 0.6 is 11.6 Å². The van der Waals surface area contributed by atoms with E-state index in [1.807, 2.05) is 4.90 Å². The summed E-state index contributed by atoms with van der Waals surface area (Å²) < 4.78 is 0. The molecule has 4 atom stereocenters. The topological polar surface area (TPSA) is 20.3 Å². The van der Waals surface area contributed by atoms with Gasteiger partial charge in [0.05, 0.1) is 5.38 Å². The van der Waals surface area contributed by atoms with Crippen LogP contribution in [-0.2, 0) is 4.79 Å². The Hall–Kier alpha value is -0.240. The molecule has 2 aliphatic rings. The van der Waals surface area contributed by atoms with E-state index in [-0.39, 0.29) is 11.3 Å². The van der Waals surface area contributed by atoms with Crippen molar-refractivity contribution in [2.45, 2.75) is 38.5 Å². The third-order valence-electron chi connectivity index (χ3n) is 4.01. The van der Waals surface area contributed by atoms with Gasteiger partial charge in [0.15, 0.2) is 0 Å². The molecule has 0 spiro atoms. The smallest absolute Gasteiger partial charge is 0.226 e. The van der Waals surface area contributed by atoms with Crippen molar-refractivity contribution in [1.29, 1.82) is 0 Å². The second-order valence-electron chi connectivity index (χ2n) is 5.25. The zero-order valence-corrected chi connectivity index (χ0v) is 10.3. The van der Waals surface area contributed by atoms with E-state index < -0.39 is 0 Å². The Labute approximate surface area is 97.0 Å². The highest BCUT2D eigenvalue weighted by Crippen LogP contribution is 2.34. The third-order valence-corrected chi connectivity index (χ3v) is 4.58. The molecule has 4 unspecified atom stereocenters. The Bertz CT molecular complexity index is 246. The number of carbonyl (C=O) groups is 1. The maximum absolute atomic E-state index is 12.2. The van der Waals surface area contributed by atoms with Crippen molar-refractivity contribution in [3.05, 3.63) is 0 Å². The number of carbonyl (C=O) groups excluding carboxylic acids is 1. The molecule has 1 aliphatic heterocycles. The van der Waals surface area contributed by atoms with Gasteiger partial charge in [0.2, 0.25) is 5.91 Å². The van der Waals surface area contributed by atoms with E-state index in [9.17, 15) is 4.79 Å². The summed E-state index contributed by atoms with van der Waals surface area (Å²) in [5.41, 5.74) is 0. The maximum Gasteiger partial charge on any atom is 0.226 e. The summed E-state index contributed by atoms with van der Waals surface area (Å²) in [6.07, 6.45) is 3.51. The fraction of sp³-hybridized carbons (Fsp3) is 0.917. The van der Waals surface area contributed by atoms with Gasteiger partial charge < -0.3 is 4.90 Å². The highest BCUT2D eigenvalue weighted by atomic mass is 35.5. The zero-order chi connectivity index (χ0) is 11.0. The van der Waals surface area contributed by atoms with Crippen molar-refractivity contribution in [1.82, 2.24) is 4.90 Å². The lowest BCUT2D eigenvalue weighted by atomic mass is 9.97. The van der Waals surface area contributed by atoms with E-state index in [1.165, 1.54) is 12.8 Å². The van der Waals surface area contributed by atoms with Crippen LogP contribution in [0.5, 0.6) is 0 Å². The summed E-state index contributed by atoms with van der Waals surface area (Å²) in [5, 5.41) is 0.158. The van der Waals surface area contributed by atoms with E-state index in [0.717, 1.165) is 19.5 Å². The summed E-state index contributed by atoms with van der Waals surface area (Å²) in [6, 6.07) is 0. The second-order valence-corrected chi connectivity index (χ2v) is 5.81. The number of alkyl halides is 1. The monoisotopic (exact) mass is 229 g/mol. The van der Waals surface area contributed by atoms with Crippen LogP contribution in [-0.4, -0.2) is 29.3 Å². The van der Waals surface area contributed by atoms with E-state index in [0.29, 0.717) is 17.7 Å². The molecule has 0 radical (unpaired) electrons. The molecule has 0 N–H and O–H groups in total. The van der Waals surface area contributed by atoms with Crippen LogP contribution in [0.3, 0.4) is 0 Å². The first-order chi connectivity index (χ1) is 7.09. The highest BCUT2D eigenvalue weighted by Gasteiger charge is 2.37. The fourth-order valence-corrected chi connectivity index (χ4v) is 3.10. The van der Waals surface area contributed by atoms with Gasteiger partial charge in [-0.1, -0.05) is 20.3 Å². The molecule has 2 fully saturated rings. The van der Waals surface area contributed by atoms with Crippen molar-refractivity contribution < 1.29 is 4.79 Å². The fourth-order valence-electron chi connectivity index (χ4n) is 2.85. The molecule has 1 amide bonds. The van der Waals surface area contributed by atoms with E-state index >= 15 is 0 Å². The zero-order valence-electron chi connectivity index (χ0n) is 9.58. The van der Waals surface area contributed by atoms with Gasteiger partial charge in [0, 0.05) is 19.0 Å². The number of likely N-dealkylation sites (tertiary alicyclic amines) is 1. The molecular weight excluding hydrogens is 210 g/mol. The minimum absolute atomic E-state index is 0.158. The number of hydrogen-bond acceptors (Lipinski definition) is 1. The van der Waals surface area contributed by atoms with Gasteiger partial charge in [0.1, 0.15) is 0 Å². The molecular formula is C12H20ClNO. The molecule has 1 saturated carbocycles. The standard InChI is InChI=1S/C12H20ClNO/c1-8-4-3-5-10(8)12(15)14-6-9(2)11(13)7-14/h8-11H,3-7H2,1-2H3. The van der Waals surface area contributed by atoms with E-state index in [1.54, 1.807) is 0 Å². The first-order valence-corrected chi connectivity index (χ1v) is 6.46. The normalized spacial score (nSPS) is 41.1. The molecule has 86 valence electrons. The van der Waals surface area contributed by atoms with Crippen LogP contribution in [0.1, 0.15) is 33.1 Å². The Morgan fingerprint density at radius 3 is 2.40 bits per heavy atom. The minimum atomic E-state index is 0.158. The van der Waals surface area contributed by atoms with Gasteiger partial charge in [-0.2, -0.15) is 0 Å². The van der Waals surface area contributed by atoms with Gasteiger partial charge in [0.25, 0.3) is 0 Å². The lowest BCUT2D eigenvalue weighted by Gasteiger charge is -2.22. The van der Waals surface area contributed by atoms with E-state index in [2.05, 4.69) is 13.8 Å². The van der Waals surface area contributed by atoms with Crippen molar-refractivity contribution in [3.63, 3.8) is 0 Å². The predicted octanol–water partition coefficient (Wildman–Crippen LogP) is 2.51. The van der Waals surface area contributed by atoms with Crippen molar-refractivity contribution in [2.75, 3.05) is 13.1 Å². The number of nitrogens with zero attached hydrogens (tertiary/aromatic N) is 1. The van der Waals surface area contributed by atoms with Crippen molar-refractivity contribution in [3.8, 4) is 0 Å². The van der Waals surface area contributed by atoms with Gasteiger partial charge in [-0.05, 0) is 24.7 Å². The number of halogens is 1. The van der Waals surface area contributed by atoms with Gasteiger partial charge in [-0.3, -0.25) is 4.79 Å². The first kappa shape index (κ1) is 11.3. The Kier molecular flexibility index (Phi) is 3.24. The SMILES string of the molecule is CC1CN(C(=O)C2CCCC2C)CC1Cl. The molecule has 3 heteroatoms. The highest BCUT2D eigenvalue weighted by molar-refractivity contribution is 6.21. The van der Waals surface area contributed by atoms with Gasteiger partial charge in [-0.25, -0.2) is 0 Å². The van der Waals surface area contributed by atoms with Crippen molar-refractivity contribution in [2.24, 2.45) is 17.8 Å². The molecule has 1 aliphatic carbocycles. The molecule has 0 aromatic carbocycles. The summed E-state index contributed by atoms with van der Waals surface area (Å²) in [5.74, 6) is 1.66. The Morgan fingerprint density at radius 2 is 1.93 bits per heavy atom. The van der Waals surface area contributed by atoms with Crippen LogP contribution in [0, 0.1) is 17.8 Å². The van der Waals surface area contributed by atoms with Crippen LogP contribution in [0.25, 0.3) is 0 Å². The maximum atomic E-state index is 12.2. The molecule has 2 nitrogen and oxygen atoms in total. The van der Waals surface area contributed by atoms with E-state index in [4.69, 9.17) is 11.6 Å². The van der Waals surface area contributed by atoms with Crippen LogP contribution in [0.2, 0.25) is 0 Å². The second kappa shape index (κ2) is 4.32. The Morgan fingerprint density at radius 1 is 1.20 bits per heavy atom. The summed E-state index contributed by atoms with van der Waals surface area (Å²) in [4.78, 5) is 14.2. The third kappa shape index (κ3) is 2.15. The summed E-state index contributed by atoms with van der Waals surface area (Å²) in [6.45, 7) is 5.94. The average molecular weight is 230 g/mol. The Balaban J connectivity index is 1.97. The minimum Gasteiger partial charge on any atom is -0.341 e. The van der Waals surface area contributed by atoms with Crippen LogP contribution in [0.4, 0.5) is 0 Å². The van der Waals surface area contributed by atoms with Crippen LogP contribution < -0.4 is 0 Å². The number of hydrogen-bond donors (Lipinski definition) is 0. The van der Waals surface area contributed by atoms with Gasteiger partial charge >= 0.3 is 0 Å². The lowest BCUT2D eigenvalue weighted by molar-refractivity contribution is -0.135. The molecule has 1 saturated heterocycles. The lowest BCUT2D eigenvalue weighted by Crippen LogP contribution is -2.35. The van der Waals surface area contributed by atoms with Crippen LogP contribution in [0.15, 0.2) is 0 Å². The largest absolute Gasteiger partial charge is 0.341 e. The van der Waals surface area contributed by atoms with Crippen molar-refractivity contribution >= 4 is 17.5 Å².